The summed E-state index contributed by atoms with van der Waals surface area (Å²) >= 11 is 0. The first kappa shape index (κ1) is 14.0. The lowest BCUT2D eigenvalue weighted by Crippen LogP contribution is -2.32. The number of nitrogens with zero attached hydrogens (tertiary/aromatic N) is 1. The molecule has 2 rings (SSSR count). The summed E-state index contributed by atoms with van der Waals surface area (Å²) in [6.45, 7) is 1.60. The summed E-state index contributed by atoms with van der Waals surface area (Å²) in [6, 6.07) is 7.41. The highest BCUT2D eigenvalue weighted by Gasteiger charge is 2.31. The monoisotopic (exact) mass is 264 g/mol. The van der Waals surface area contributed by atoms with E-state index in [0.29, 0.717) is 12.1 Å². The Balaban J connectivity index is 2.07. The highest BCUT2D eigenvalue weighted by molar-refractivity contribution is 5.92. The second-order valence-electron chi connectivity index (χ2n) is 4.92. The molecule has 5 nitrogen and oxygen atoms in total. The van der Waals surface area contributed by atoms with Gasteiger partial charge >= 0.3 is 0 Å². The molecule has 5 heteroatoms. The number of amides is 1. The summed E-state index contributed by atoms with van der Waals surface area (Å²) in [5.41, 5.74) is 6.81. The Labute approximate surface area is 113 Å². The van der Waals surface area contributed by atoms with Crippen molar-refractivity contribution in [3.63, 3.8) is 0 Å². The summed E-state index contributed by atoms with van der Waals surface area (Å²) in [5.74, 6) is -0.420. The maximum absolute atomic E-state index is 11.2. The molecule has 0 aliphatic carbocycles. The van der Waals surface area contributed by atoms with Gasteiger partial charge in [0.25, 0.3) is 0 Å². The number of carbonyl (C=O) groups excluding carboxylic acids is 1. The van der Waals surface area contributed by atoms with Gasteiger partial charge in [-0.2, -0.15) is 0 Å². The topological polar surface area (TPSA) is 75.8 Å². The number of hydrogen-bond donors (Lipinski definition) is 2. The Morgan fingerprint density at radius 3 is 3.00 bits per heavy atom. The van der Waals surface area contributed by atoms with E-state index in [9.17, 15) is 9.90 Å². The first-order valence-corrected chi connectivity index (χ1v) is 6.40. The van der Waals surface area contributed by atoms with Crippen LogP contribution in [0.25, 0.3) is 0 Å². The van der Waals surface area contributed by atoms with Crippen molar-refractivity contribution in [3.05, 3.63) is 35.4 Å². The van der Waals surface area contributed by atoms with E-state index in [2.05, 4.69) is 4.90 Å². The second kappa shape index (κ2) is 6.14. The third kappa shape index (κ3) is 3.32. The first-order chi connectivity index (χ1) is 9.13. The highest BCUT2D eigenvalue weighted by Crippen LogP contribution is 2.22. The minimum Gasteiger partial charge on any atom is -0.395 e. The molecule has 1 aliphatic rings. The average Bonchev–Trinajstić information content (AvgIpc) is 2.81. The zero-order valence-corrected chi connectivity index (χ0v) is 11.1. The average molecular weight is 264 g/mol. The Morgan fingerprint density at radius 1 is 1.58 bits per heavy atom. The zero-order valence-electron chi connectivity index (χ0n) is 11.1. The van der Waals surface area contributed by atoms with Gasteiger partial charge < -0.3 is 15.6 Å². The van der Waals surface area contributed by atoms with Crippen LogP contribution >= 0.6 is 0 Å². The maximum Gasteiger partial charge on any atom is 0.248 e. The number of carbonyl (C=O) groups is 1. The lowest BCUT2D eigenvalue weighted by Gasteiger charge is -2.22. The van der Waals surface area contributed by atoms with Crippen molar-refractivity contribution in [1.82, 2.24) is 4.90 Å². The molecule has 1 aromatic carbocycles. The number of methoxy groups -OCH3 is 1. The SMILES string of the molecule is CO[C@H]1C[C@@H](CO)N(Cc2cccc(C(N)=O)c2)C1. The van der Waals surface area contributed by atoms with Crippen molar-refractivity contribution in [2.45, 2.75) is 25.1 Å². The normalized spacial score (nSPS) is 23.7. The van der Waals surface area contributed by atoms with Crippen LogP contribution in [0, 0.1) is 0 Å². The third-order valence-electron chi connectivity index (χ3n) is 3.63. The van der Waals surface area contributed by atoms with Crippen LogP contribution in [-0.4, -0.2) is 48.3 Å². The number of primary amides is 1. The van der Waals surface area contributed by atoms with E-state index in [0.717, 1.165) is 18.5 Å². The molecule has 0 saturated carbocycles. The standard InChI is InChI=1S/C14H20N2O3/c1-19-13-6-12(9-17)16(8-13)7-10-3-2-4-11(5-10)14(15)18/h2-5,12-13,17H,6-9H2,1H3,(H2,15,18)/t12-,13-/m0/s1. The van der Waals surface area contributed by atoms with E-state index < -0.39 is 5.91 Å². The molecule has 1 saturated heterocycles. The molecule has 1 heterocycles. The summed E-state index contributed by atoms with van der Waals surface area (Å²) in [7, 11) is 1.69. The molecule has 1 aromatic rings. The predicted molar refractivity (Wildman–Crippen MR) is 71.7 cm³/mol. The molecule has 0 spiro atoms. The highest BCUT2D eigenvalue weighted by atomic mass is 16.5. The van der Waals surface area contributed by atoms with E-state index in [4.69, 9.17) is 10.5 Å². The van der Waals surface area contributed by atoms with Gasteiger partial charge in [0.1, 0.15) is 0 Å². The fraction of sp³-hybridized carbons (Fsp3) is 0.500. The van der Waals surface area contributed by atoms with Gasteiger partial charge in [0, 0.05) is 31.8 Å². The van der Waals surface area contributed by atoms with Gasteiger partial charge in [0.15, 0.2) is 0 Å². The fourth-order valence-corrected chi connectivity index (χ4v) is 2.55. The molecular weight excluding hydrogens is 244 g/mol. The van der Waals surface area contributed by atoms with Crippen molar-refractivity contribution in [1.29, 1.82) is 0 Å². The molecule has 19 heavy (non-hydrogen) atoms. The molecular formula is C14H20N2O3. The van der Waals surface area contributed by atoms with E-state index in [1.807, 2.05) is 12.1 Å². The molecule has 1 amide bonds. The fourth-order valence-electron chi connectivity index (χ4n) is 2.55. The van der Waals surface area contributed by atoms with Crippen LogP contribution < -0.4 is 5.73 Å². The molecule has 3 N–H and O–H groups in total. The maximum atomic E-state index is 11.2. The number of ether oxygens (including phenoxy) is 1. The lowest BCUT2D eigenvalue weighted by atomic mass is 10.1. The summed E-state index contributed by atoms with van der Waals surface area (Å²) in [6.07, 6.45) is 0.999. The molecule has 0 aromatic heterocycles. The molecule has 1 aliphatic heterocycles. The molecule has 1 fully saturated rings. The van der Waals surface area contributed by atoms with Crippen LogP contribution in [0.3, 0.4) is 0 Å². The van der Waals surface area contributed by atoms with Crippen LogP contribution in [0.15, 0.2) is 24.3 Å². The molecule has 0 radical (unpaired) electrons. The second-order valence-corrected chi connectivity index (χ2v) is 4.92. The smallest absolute Gasteiger partial charge is 0.248 e. The number of likely N-dealkylation sites (tertiary alicyclic amines) is 1. The minimum absolute atomic E-state index is 0.113. The zero-order chi connectivity index (χ0) is 13.8. The Hall–Kier alpha value is -1.43. The van der Waals surface area contributed by atoms with Crippen LogP contribution in [0.5, 0.6) is 0 Å². The number of benzene rings is 1. The van der Waals surface area contributed by atoms with Gasteiger partial charge in [-0.05, 0) is 24.1 Å². The van der Waals surface area contributed by atoms with Crippen LogP contribution in [0.2, 0.25) is 0 Å². The predicted octanol–water partition coefficient (Wildman–Crippen LogP) is 0.367. The van der Waals surface area contributed by atoms with E-state index in [1.165, 1.54) is 0 Å². The van der Waals surface area contributed by atoms with E-state index in [-0.39, 0.29) is 18.8 Å². The van der Waals surface area contributed by atoms with Gasteiger partial charge in [-0.1, -0.05) is 12.1 Å². The van der Waals surface area contributed by atoms with Crippen molar-refractivity contribution < 1.29 is 14.6 Å². The van der Waals surface area contributed by atoms with Crippen LogP contribution in [0.1, 0.15) is 22.3 Å². The summed E-state index contributed by atoms with van der Waals surface area (Å²) < 4.78 is 5.35. The lowest BCUT2D eigenvalue weighted by molar-refractivity contribution is 0.0999. The Bertz CT molecular complexity index is 450. The van der Waals surface area contributed by atoms with Crippen molar-refractivity contribution in [2.75, 3.05) is 20.3 Å². The molecule has 104 valence electrons. The van der Waals surface area contributed by atoms with Gasteiger partial charge in [0.05, 0.1) is 12.7 Å². The van der Waals surface area contributed by atoms with Crippen molar-refractivity contribution >= 4 is 5.91 Å². The molecule has 0 bridgehead atoms. The minimum atomic E-state index is -0.420. The Kier molecular flexibility index (Phi) is 4.52. The van der Waals surface area contributed by atoms with Gasteiger partial charge in [-0.15, -0.1) is 0 Å². The van der Waals surface area contributed by atoms with Gasteiger partial charge in [-0.25, -0.2) is 0 Å². The number of hydrogen-bond acceptors (Lipinski definition) is 4. The van der Waals surface area contributed by atoms with Crippen molar-refractivity contribution in [2.24, 2.45) is 5.73 Å². The van der Waals surface area contributed by atoms with E-state index in [1.54, 1.807) is 19.2 Å². The summed E-state index contributed by atoms with van der Waals surface area (Å²) in [5, 5.41) is 9.40. The number of nitrogens with two attached hydrogens (primary N) is 1. The largest absolute Gasteiger partial charge is 0.395 e. The van der Waals surface area contributed by atoms with Gasteiger partial charge in [0.2, 0.25) is 5.91 Å². The third-order valence-corrected chi connectivity index (χ3v) is 3.63. The van der Waals surface area contributed by atoms with Crippen LogP contribution in [0.4, 0.5) is 0 Å². The Morgan fingerprint density at radius 2 is 2.37 bits per heavy atom. The van der Waals surface area contributed by atoms with Crippen LogP contribution in [-0.2, 0) is 11.3 Å². The quantitative estimate of drug-likeness (QED) is 0.805. The van der Waals surface area contributed by atoms with E-state index >= 15 is 0 Å². The number of aliphatic hydroxyl groups excluding tert-OH is 1. The number of rotatable bonds is 5. The molecule has 2 atom stereocenters. The van der Waals surface area contributed by atoms with Crippen molar-refractivity contribution in [3.8, 4) is 0 Å². The molecule has 0 unspecified atom stereocenters. The first-order valence-electron chi connectivity index (χ1n) is 6.40. The number of aliphatic hydroxyl groups is 1. The summed E-state index contributed by atoms with van der Waals surface area (Å²) in [4.78, 5) is 13.3. The van der Waals surface area contributed by atoms with Gasteiger partial charge in [-0.3, -0.25) is 9.69 Å².